The Morgan fingerprint density at radius 1 is 1.29 bits per heavy atom. The lowest BCUT2D eigenvalue weighted by molar-refractivity contribution is 0.0954. The fourth-order valence-electron chi connectivity index (χ4n) is 3.28. The van der Waals surface area contributed by atoms with Gasteiger partial charge in [0.15, 0.2) is 5.96 Å². The summed E-state index contributed by atoms with van der Waals surface area (Å²) in [5.41, 5.74) is 0.588. The monoisotopic (exact) mass is 389 g/mol. The predicted molar refractivity (Wildman–Crippen MR) is 114 cm³/mol. The quantitative estimate of drug-likeness (QED) is 0.359. The Hall–Kier alpha value is -2.28. The number of nitrogens with one attached hydrogen (secondary N) is 3. The van der Waals surface area contributed by atoms with E-state index in [0.29, 0.717) is 36.5 Å². The number of hydrogen-bond donors (Lipinski definition) is 3. The van der Waals surface area contributed by atoms with Gasteiger partial charge in [-0.15, -0.1) is 0 Å². The molecule has 1 amide bonds. The van der Waals surface area contributed by atoms with Crippen molar-refractivity contribution in [3.05, 3.63) is 29.8 Å². The minimum atomic E-state index is -0.117. The lowest BCUT2D eigenvalue weighted by Gasteiger charge is -2.35. The Kier molecular flexibility index (Phi) is 9.07. The van der Waals surface area contributed by atoms with Gasteiger partial charge in [-0.25, -0.2) is 0 Å². The number of carbonyl (C=O) groups excluding carboxylic acids is 1. The minimum Gasteiger partial charge on any atom is -0.497 e. The summed E-state index contributed by atoms with van der Waals surface area (Å²) in [5, 5.41) is 9.73. The number of hydrogen-bond acceptors (Lipinski definition) is 4. The number of ether oxygens (including phenoxy) is 1. The lowest BCUT2D eigenvalue weighted by Crippen LogP contribution is -2.50. The van der Waals surface area contributed by atoms with Gasteiger partial charge in [0, 0.05) is 43.8 Å². The van der Waals surface area contributed by atoms with Gasteiger partial charge in [-0.3, -0.25) is 9.79 Å². The summed E-state index contributed by atoms with van der Waals surface area (Å²) < 4.78 is 5.16. The number of guanidine groups is 1. The molecule has 1 saturated heterocycles. The van der Waals surface area contributed by atoms with Crippen molar-refractivity contribution in [1.29, 1.82) is 0 Å². The molecule has 1 aromatic carbocycles. The molecular formula is C21H35N5O2. The highest BCUT2D eigenvalue weighted by Crippen LogP contribution is 2.13. The van der Waals surface area contributed by atoms with Crippen molar-refractivity contribution in [2.24, 2.45) is 4.99 Å². The van der Waals surface area contributed by atoms with E-state index in [2.05, 4.69) is 46.6 Å². The van der Waals surface area contributed by atoms with Gasteiger partial charge in [-0.1, -0.05) is 6.07 Å². The summed E-state index contributed by atoms with van der Waals surface area (Å²) in [5.74, 6) is 1.38. The van der Waals surface area contributed by atoms with E-state index in [1.165, 1.54) is 0 Å². The second kappa shape index (κ2) is 11.5. The predicted octanol–water partition coefficient (Wildman–Crippen LogP) is 1.85. The van der Waals surface area contributed by atoms with E-state index in [9.17, 15) is 4.79 Å². The number of piperidine rings is 1. The highest BCUT2D eigenvalue weighted by atomic mass is 16.5. The summed E-state index contributed by atoms with van der Waals surface area (Å²) in [6.07, 6.45) is 2.24. The second-order valence-corrected chi connectivity index (χ2v) is 7.30. The van der Waals surface area contributed by atoms with Crippen molar-refractivity contribution in [2.75, 3.05) is 39.8 Å². The molecule has 0 aromatic heterocycles. The SMILES string of the molecule is CCNC(=NCCNC(=O)c1cccc(OC)c1)NC1CCN(C(C)C)CC1. The molecule has 156 valence electrons. The van der Waals surface area contributed by atoms with Crippen molar-refractivity contribution in [2.45, 2.75) is 45.7 Å². The summed E-state index contributed by atoms with van der Waals surface area (Å²) in [6, 6.07) is 8.18. The van der Waals surface area contributed by atoms with Crippen LogP contribution in [-0.2, 0) is 0 Å². The van der Waals surface area contributed by atoms with Gasteiger partial charge in [0.25, 0.3) is 5.91 Å². The number of likely N-dealkylation sites (tertiary alicyclic amines) is 1. The number of benzene rings is 1. The topological polar surface area (TPSA) is 78.0 Å². The van der Waals surface area contributed by atoms with E-state index in [0.717, 1.165) is 38.4 Å². The maximum absolute atomic E-state index is 12.2. The maximum Gasteiger partial charge on any atom is 0.251 e. The van der Waals surface area contributed by atoms with Crippen molar-refractivity contribution >= 4 is 11.9 Å². The van der Waals surface area contributed by atoms with Crippen LogP contribution < -0.4 is 20.7 Å². The van der Waals surface area contributed by atoms with Crippen LogP contribution in [0.2, 0.25) is 0 Å². The largest absolute Gasteiger partial charge is 0.497 e. The third-order valence-electron chi connectivity index (χ3n) is 4.94. The third kappa shape index (κ3) is 7.03. The zero-order valence-electron chi connectivity index (χ0n) is 17.6. The van der Waals surface area contributed by atoms with Crippen LogP contribution in [-0.4, -0.2) is 68.7 Å². The molecule has 7 heteroatoms. The molecule has 0 atom stereocenters. The van der Waals surface area contributed by atoms with E-state index in [1.807, 2.05) is 12.1 Å². The normalized spacial score (nSPS) is 16.1. The molecule has 0 bridgehead atoms. The number of amides is 1. The molecule has 0 spiro atoms. The van der Waals surface area contributed by atoms with Crippen molar-refractivity contribution in [3.8, 4) is 5.75 Å². The van der Waals surface area contributed by atoms with Crippen molar-refractivity contribution in [1.82, 2.24) is 20.9 Å². The third-order valence-corrected chi connectivity index (χ3v) is 4.94. The Labute approximate surface area is 168 Å². The summed E-state index contributed by atoms with van der Waals surface area (Å²) in [4.78, 5) is 19.3. The maximum atomic E-state index is 12.2. The number of carbonyl (C=O) groups is 1. The first-order chi connectivity index (χ1) is 13.5. The van der Waals surface area contributed by atoms with Crippen LogP contribution in [0.4, 0.5) is 0 Å². The first kappa shape index (κ1) is 22.0. The van der Waals surface area contributed by atoms with Crippen LogP contribution in [0.25, 0.3) is 0 Å². The first-order valence-corrected chi connectivity index (χ1v) is 10.2. The molecule has 1 aliphatic rings. The van der Waals surface area contributed by atoms with E-state index >= 15 is 0 Å². The molecular weight excluding hydrogens is 354 g/mol. The Morgan fingerprint density at radius 2 is 2.04 bits per heavy atom. The fraction of sp³-hybridized carbons (Fsp3) is 0.619. The number of nitrogens with zero attached hydrogens (tertiary/aromatic N) is 2. The van der Waals surface area contributed by atoms with E-state index in [1.54, 1.807) is 19.2 Å². The average molecular weight is 390 g/mol. The fourth-order valence-corrected chi connectivity index (χ4v) is 3.28. The van der Waals surface area contributed by atoms with Crippen LogP contribution in [0.3, 0.4) is 0 Å². The smallest absolute Gasteiger partial charge is 0.251 e. The zero-order chi connectivity index (χ0) is 20.4. The summed E-state index contributed by atoms with van der Waals surface area (Å²) in [6.45, 7) is 10.6. The van der Waals surface area contributed by atoms with Gasteiger partial charge in [-0.05, 0) is 51.8 Å². The molecule has 1 aromatic rings. The molecule has 0 unspecified atom stereocenters. The molecule has 1 fully saturated rings. The molecule has 0 aliphatic carbocycles. The Bertz CT molecular complexity index is 639. The van der Waals surface area contributed by atoms with Crippen molar-refractivity contribution in [3.63, 3.8) is 0 Å². The standard InChI is InChI=1S/C21H35N5O2/c1-5-22-21(25-18-9-13-26(14-10-18)16(2)3)24-12-11-23-20(27)17-7-6-8-19(15-17)28-4/h6-8,15-16,18H,5,9-14H2,1-4H3,(H,23,27)(H2,22,24,25). The van der Waals surface area contributed by atoms with E-state index in [-0.39, 0.29) is 5.91 Å². The van der Waals surface area contributed by atoms with Crippen LogP contribution in [0.5, 0.6) is 5.75 Å². The Balaban J connectivity index is 1.78. The van der Waals surface area contributed by atoms with Gasteiger partial charge in [0.1, 0.15) is 5.75 Å². The number of aliphatic imine (C=N–C) groups is 1. The Morgan fingerprint density at radius 3 is 2.68 bits per heavy atom. The van der Waals surface area contributed by atoms with Crippen LogP contribution in [0.1, 0.15) is 44.0 Å². The van der Waals surface area contributed by atoms with Crippen LogP contribution in [0, 0.1) is 0 Å². The summed E-state index contributed by atoms with van der Waals surface area (Å²) >= 11 is 0. The average Bonchev–Trinajstić information content (AvgIpc) is 2.71. The van der Waals surface area contributed by atoms with E-state index in [4.69, 9.17) is 4.74 Å². The van der Waals surface area contributed by atoms with Gasteiger partial charge in [0.2, 0.25) is 0 Å². The lowest BCUT2D eigenvalue weighted by atomic mass is 10.0. The molecule has 1 heterocycles. The van der Waals surface area contributed by atoms with Crippen molar-refractivity contribution < 1.29 is 9.53 Å². The molecule has 2 rings (SSSR count). The molecule has 3 N–H and O–H groups in total. The first-order valence-electron chi connectivity index (χ1n) is 10.2. The molecule has 0 saturated carbocycles. The van der Waals surface area contributed by atoms with Gasteiger partial charge in [0.05, 0.1) is 13.7 Å². The minimum absolute atomic E-state index is 0.117. The van der Waals surface area contributed by atoms with Crippen LogP contribution in [0.15, 0.2) is 29.3 Å². The molecule has 28 heavy (non-hydrogen) atoms. The van der Waals surface area contributed by atoms with E-state index < -0.39 is 0 Å². The molecule has 7 nitrogen and oxygen atoms in total. The number of rotatable bonds is 8. The summed E-state index contributed by atoms with van der Waals surface area (Å²) in [7, 11) is 1.59. The highest BCUT2D eigenvalue weighted by Gasteiger charge is 2.21. The second-order valence-electron chi connectivity index (χ2n) is 7.30. The molecule has 1 aliphatic heterocycles. The van der Waals surface area contributed by atoms with Gasteiger partial charge >= 0.3 is 0 Å². The zero-order valence-corrected chi connectivity index (χ0v) is 17.6. The van der Waals surface area contributed by atoms with Gasteiger partial charge < -0.3 is 25.6 Å². The van der Waals surface area contributed by atoms with Gasteiger partial charge in [-0.2, -0.15) is 0 Å². The highest BCUT2D eigenvalue weighted by molar-refractivity contribution is 5.94. The van der Waals surface area contributed by atoms with Crippen LogP contribution >= 0.6 is 0 Å². The molecule has 0 radical (unpaired) electrons. The number of methoxy groups -OCH3 is 1.